The van der Waals surface area contributed by atoms with Gasteiger partial charge in [0.05, 0.1) is 5.69 Å². The van der Waals surface area contributed by atoms with Crippen LogP contribution in [0.4, 0.5) is 0 Å². The summed E-state index contributed by atoms with van der Waals surface area (Å²) >= 11 is 7.53. The number of nitrogens with one attached hydrogen (secondary N) is 1. The zero-order valence-electron chi connectivity index (χ0n) is 16.6. The van der Waals surface area contributed by atoms with Crippen LogP contribution in [-0.4, -0.2) is 18.1 Å². The van der Waals surface area contributed by atoms with Gasteiger partial charge in [-0.3, -0.25) is 4.98 Å². The predicted octanol–water partition coefficient (Wildman–Crippen LogP) is 6.56. The molecular formula is C23H30Br2N2. The number of aryl methyl sites for hydroxylation is 3. The molecule has 1 aliphatic heterocycles. The molecule has 0 saturated carbocycles. The third-order valence-electron chi connectivity index (χ3n) is 5.69. The monoisotopic (exact) mass is 492 g/mol. The van der Waals surface area contributed by atoms with Gasteiger partial charge >= 0.3 is 0 Å². The molecule has 1 N–H and O–H groups in total. The van der Waals surface area contributed by atoms with E-state index in [1.807, 2.05) is 20.0 Å². The van der Waals surface area contributed by atoms with Gasteiger partial charge in [0.15, 0.2) is 0 Å². The molecule has 146 valence electrons. The molecule has 27 heavy (non-hydrogen) atoms. The third-order valence-corrected chi connectivity index (χ3v) is 6.78. The average Bonchev–Trinajstić information content (AvgIpc) is 3.01. The van der Waals surface area contributed by atoms with E-state index in [4.69, 9.17) is 4.98 Å². The lowest BCUT2D eigenvalue weighted by atomic mass is 9.77. The van der Waals surface area contributed by atoms with Gasteiger partial charge in [-0.05, 0) is 108 Å². The summed E-state index contributed by atoms with van der Waals surface area (Å²) in [5.74, 6) is 1.05. The summed E-state index contributed by atoms with van der Waals surface area (Å²) < 4.78 is 2.36. The van der Waals surface area contributed by atoms with E-state index in [9.17, 15) is 0 Å². The molecule has 0 amide bonds. The van der Waals surface area contributed by atoms with Gasteiger partial charge in [-0.15, -0.1) is 0 Å². The summed E-state index contributed by atoms with van der Waals surface area (Å²) in [5, 5.41) is 3.57. The molecule has 2 nitrogen and oxygen atoms in total. The number of hydrogen-bond donors (Lipinski definition) is 1. The summed E-state index contributed by atoms with van der Waals surface area (Å²) in [6.45, 7) is 8.46. The Kier molecular flexibility index (Phi) is 7.52. The smallest absolute Gasteiger partial charge is 0.0514 e. The lowest BCUT2D eigenvalue weighted by Crippen LogP contribution is -2.20. The van der Waals surface area contributed by atoms with Gasteiger partial charge in [-0.25, -0.2) is 0 Å². The predicted molar refractivity (Wildman–Crippen MR) is 122 cm³/mol. The van der Waals surface area contributed by atoms with E-state index < -0.39 is 0 Å². The van der Waals surface area contributed by atoms with Crippen LogP contribution in [0.3, 0.4) is 0 Å². The van der Waals surface area contributed by atoms with E-state index in [0.717, 1.165) is 30.4 Å². The fourth-order valence-electron chi connectivity index (χ4n) is 4.60. The molecule has 2 atom stereocenters. The van der Waals surface area contributed by atoms with E-state index in [1.54, 1.807) is 0 Å². The van der Waals surface area contributed by atoms with Crippen LogP contribution in [0.1, 0.15) is 67.0 Å². The SMILES string of the molecule is CC.Cc1cc(Br)c2c(c1)CCc1cc(Br)cnc1C2C1CCCNCC1. The third kappa shape index (κ3) is 4.65. The van der Waals surface area contributed by atoms with Crippen molar-refractivity contribution in [3.8, 4) is 0 Å². The van der Waals surface area contributed by atoms with Crippen molar-refractivity contribution < 1.29 is 0 Å². The number of pyridine rings is 1. The van der Waals surface area contributed by atoms with Crippen LogP contribution in [0.5, 0.6) is 0 Å². The van der Waals surface area contributed by atoms with Crippen molar-refractivity contribution in [3.63, 3.8) is 0 Å². The van der Waals surface area contributed by atoms with Crippen molar-refractivity contribution in [1.82, 2.24) is 10.3 Å². The summed E-state index contributed by atoms with van der Waals surface area (Å²) in [6.07, 6.45) is 7.91. The zero-order chi connectivity index (χ0) is 19.4. The number of rotatable bonds is 1. The molecule has 0 bridgehead atoms. The highest BCUT2D eigenvalue weighted by Crippen LogP contribution is 2.45. The van der Waals surface area contributed by atoms with Crippen LogP contribution in [0.2, 0.25) is 0 Å². The lowest BCUT2D eigenvalue weighted by molar-refractivity contribution is 0.414. The van der Waals surface area contributed by atoms with Gasteiger partial charge in [0.25, 0.3) is 0 Å². The Morgan fingerprint density at radius 1 is 1.00 bits per heavy atom. The summed E-state index contributed by atoms with van der Waals surface area (Å²) in [7, 11) is 0. The lowest BCUT2D eigenvalue weighted by Gasteiger charge is -2.29. The van der Waals surface area contributed by atoms with Gasteiger partial charge in [0.2, 0.25) is 0 Å². The summed E-state index contributed by atoms with van der Waals surface area (Å²) in [4.78, 5) is 4.94. The maximum atomic E-state index is 4.94. The van der Waals surface area contributed by atoms with Gasteiger partial charge in [0, 0.05) is 21.1 Å². The van der Waals surface area contributed by atoms with Crippen molar-refractivity contribution in [2.45, 2.75) is 58.8 Å². The standard InChI is InChI=1S/C21H24Br2N2.C2H6/c1-13-9-15-4-5-16-11-17(22)12-25-21(16)20(19(15)18(23)10-13)14-3-2-7-24-8-6-14;1-2/h9-12,14,20,24H,2-8H2,1H3;1-2H3. The first kappa shape index (κ1) is 21.0. The first-order chi connectivity index (χ1) is 13.1. The molecule has 2 unspecified atom stereocenters. The Balaban J connectivity index is 0.00000102. The van der Waals surface area contributed by atoms with Crippen molar-refractivity contribution in [2.75, 3.05) is 13.1 Å². The molecule has 1 fully saturated rings. The van der Waals surface area contributed by atoms with Gasteiger partial charge in [-0.2, -0.15) is 0 Å². The number of hydrogen-bond acceptors (Lipinski definition) is 2. The Hall–Kier alpha value is -0.710. The molecule has 2 heterocycles. The van der Waals surface area contributed by atoms with Gasteiger partial charge < -0.3 is 5.32 Å². The summed E-state index contributed by atoms with van der Waals surface area (Å²) in [5.41, 5.74) is 7.05. The van der Waals surface area contributed by atoms with Gasteiger partial charge in [-0.1, -0.05) is 35.8 Å². The van der Waals surface area contributed by atoms with E-state index in [-0.39, 0.29) is 0 Å². The molecule has 1 saturated heterocycles. The second-order valence-electron chi connectivity index (χ2n) is 7.44. The number of benzene rings is 1. The molecule has 4 heteroatoms. The Morgan fingerprint density at radius 2 is 1.78 bits per heavy atom. The molecule has 2 aliphatic rings. The van der Waals surface area contributed by atoms with E-state index >= 15 is 0 Å². The van der Waals surface area contributed by atoms with Crippen molar-refractivity contribution in [3.05, 3.63) is 61.3 Å². The first-order valence-corrected chi connectivity index (χ1v) is 11.9. The van der Waals surface area contributed by atoms with Crippen LogP contribution in [0.25, 0.3) is 0 Å². The highest BCUT2D eigenvalue weighted by atomic mass is 79.9. The quantitative estimate of drug-likeness (QED) is 0.486. The van der Waals surface area contributed by atoms with E-state index in [0.29, 0.717) is 11.8 Å². The number of fused-ring (bicyclic) bond motifs is 2. The molecule has 4 rings (SSSR count). The summed E-state index contributed by atoms with van der Waals surface area (Å²) in [6, 6.07) is 6.96. The van der Waals surface area contributed by atoms with E-state index in [2.05, 4.69) is 62.3 Å². The number of nitrogens with zero attached hydrogens (tertiary/aromatic N) is 1. The normalized spacial score (nSPS) is 21.8. The first-order valence-electron chi connectivity index (χ1n) is 10.3. The minimum absolute atomic E-state index is 0.399. The molecule has 2 aromatic rings. The minimum atomic E-state index is 0.399. The van der Waals surface area contributed by atoms with Crippen LogP contribution >= 0.6 is 31.9 Å². The minimum Gasteiger partial charge on any atom is -0.317 e. The van der Waals surface area contributed by atoms with Crippen LogP contribution < -0.4 is 5.32 Å². The number of halogens is 2. The molecular weight excluding hydrogens is 464 g/mol. The average molecular weight is 494 g/mol. The van der Waals surface area contributed by atoms with Crippen LogP contribution in [-0.2, 0) is 12.8 Å². The fraction of sp³-hybridized carbons (Fsp3) is 0.522. The Morgan fingerprint density at radius 3 is 2.59 bits per heavy atom. The Bertz CT molecular complexity index is 780. The fourth-order valence-corrected chi connectivity index (χ4v) is 5.84. The maximum Gasteiger partial charge on any atom is 0.0514 e. The molecule has 0 spiro atoms. The topological polar surface area (TPSA) is 24.9 Å². The van der Waals surface area contributed by atoms with Crippen molar-refractivity contribution in [1.29, 1.82) is 0 Å². The highest BCUT2D eigenvalue weighted by Gasteiger charge is 2.33. The van der Waals surface area contributed by atoms with E-state index in [1.165, 1.54) is 51.7 Å². The molecule has 0 radical (unpaired) electrons. The van der Waals surface area contributed by atoms with Crippen LogP contribution in [0.15, 0.2) is 33.3 Å². The van der Waals surface area contributed by atoms with Crippen molar-refractivity contribution in [2.24, 2.45) is 5.92 Å². The number of aromatic nitrogens is 1. The second-order valence-corrected chi connectivity index (χ2v) is 9.21. The van der Waals surface area contributed by atoms with Crippen LogP contribution in [0, 0.1) is 12.8 Å². The molecule has 1 aromatic heterocycles. The zero-order valence-corrected chi connectivity index (χ0v) is 19.8. The molecule has 1 aliphatic carbocycles. The maximum absolute atomic E-state index is 4.94. The van der Waals surface area contributed by atoms with Crippen molar-refractivity contribution >= 4 is 31.9 Å². The second kappa shape index (κ2) is 9.67. The Labute approximate surface area is 180 Å². The largest absolute Gasteiger partial charge is 0.317 e. The van der Waals surface area contributed by atoms with Gasteiger partial charge in [0.1, 0.15) is 0 Å². The molecule has 1 aromatic carbocycles. The highest BCUT2D eigenvalue weighted by molar-refractivity contribution is 9.10.